The van der Waals surface area contributed by atoms with Gasteiger partial charge in [-0.05, 0) is 104 Å². The molecule has 0 aromatic heterocycles. The Morgan fingerprint density at radius 3 is 2.39 bits per heavy atom. The molecule has 4 saturated carbocycles. The number of carbonyl (C=O) groups is 3. The fourth-order valence-corrected chi connectivity index (χ4v) is 9.35. The van der Waals surface area contributed by atoms with Crippen LogP contribution in [0.4, 0.5) is 0 Å². The minimum atomic E-state index is -0.976. The van der Waals surface area contributed by atoms with Gasteiger partial charge in [-0.3, -0.25) is 14.4 Å². The molecular weight excluding hydrogens is 460 g/mol. The molecule has 4 rings (SSSR count). The summed E-state index contributed by atoms with van der Waals surface area (Å²) in [5.74, 6) is 1.36. The summed E-state index contributed by atoms with van der Waals surface area (Å²) >= 11 is 0. The average Bonchev–Trinajstić information content (AvgIpc) is 3.20. The fraction of sp³-hybridized carbons (Fsp3) is 0.897. The lowest BCUT2D eigenvalue weighted by Gasteiger charge is -2.62. The molecule has 36 heavy (non-hydrogen) atoms. The number of carbonyl (C=O) groups excluding carboxylic acids is 2. The van der Waals surface area contributed by atoms with E-state index in [1.165, 1.54) is 13.5 Å². The fourth-order valence-electron chi connectivity index (χ4n) is 9.35. The van der Waals surface area contributed by atoms with Crippen molar-refractivity contribution in [3.05, 3.63) is 0 Å². The van der Waals surface area contributed by atoms with Crippen LogP contribution in [0.25, 0.3) is 0 Å². The first-order chi connectivity index (χ1) is 17.0. The third-order valence-corrected chi connectivity index (χ3v) is 11.4. The molecule has 4 aliphatic rings. The summed E-state index contributed by atoms with van der Waals surface area (Å²) in [6, 6.07) is 0. The zero-order valence-electron chi connectivity index (χ0n) is 22.5. The average molecular weight is 507 g/mol. The molecule has 0 amide bonds. The van der Waals surface area contributed by atoms with Gasteiger partial charge in [-0.2, -0.15) is 0 Å². The minimum absolute atomic E-state index is 0.0653. The maximum absolute atomic E-state index is 12.1. The monoisotopic (exact) mass is 506 g/mol. The molecule has 7 nitrogen and oxygen atoms in total. The van der Waals surface area contributed by atoms with Crippen LogP contribution in [0.3, 0.4) is 0 Å². The zero-order chi connectivity index (χ0) is 26.3. The van der Waals surface area contributed by atoms with E-state index in [0.29, 0.717) is 41.9 Å². The van der Waals surface area contributed by atoms with E-state index >= 15 is 0 Å². The van der Waals surface area contributed by atoms with Crippen molar-refractivity contribution in [2.75, 3.05) is 7.11 Å². The molecule has 0 aromatic rings. The first kappa shape index (κ1) is 27.4. The largest absolute Gasteiger partial charge is 0.481 e. The second-order valence-electron chi connectivity index (χ2n) is 12.8. The topological polar surface area (TPSA) is 110 Å². The van der Waals surface area contributed by atoms with Crippen molar-refractivity contribution in [2.24, 2.45) is 46.3 Å². The molecule has 0 saturated heterocycles. The third kappa shape index (κ3) is 4.93. The van der Waals surface area contributed by atoms with Gasteiger partial charge in [0.05, 0.1) is 26.1 Å². The molecule has 10 atom stereocenters. The van der Waals surface area contributed by atoms with Crippen LogP contribution in [-0.4, -0.2) is 47.4 Å². The molecule has 4 aliphatic carbocycles. The van der Waals surface area contributed by atoms with Gasteiger partial charge in [0.15, 0.2) is 0 Å². The number of methoxy groups -OCH3 is 1. The number of ether oxygens (including phenoxy) is 2. The molecule has 204 valence electrons. The lowest BCUT2D eigenvalue weighted by atomic mass is 9.43. The summed E-state index contributed by atoms with van der Waals surface area (Å²) in [6.07, 6.45) is 8.64. The van der Waals surface area contributed by atoms with Gasteiger partial charge in [-0.1, -0.05) is 20.8 Å². The Kier molecular flexibility index (Phi) is 8.09. The van der Waals surface area contributed by atoms with Crippen LogP contribution in [0, 0.1) is 46.3 Å². The molecular formula is C29H46O7. The molecule has 4 fully saturated rings. The number of aliphatic hydroxyl groups is 1. The van der Waals surface area contributed by atoms with Gasteiger partial charge in [0.1, 0.15) is 6.10 Å². The van der Waals surface area contributed by atoms with Crippen molar-refractivity contribution < 1.29 is 34.1 Å². The van der Waals surface area contributed by atoms with Crippen molar-refractivity contribution in [3.8, 4) is 0 Å². The predicted molar refractivity (Wildman–Crippen MR) is 134 cm³/mol. The van der Waals surface area contributed by atoms with E-state index in [0.717, 1.165) is 51.4 Å². The number of carboxylic acids is 1. The van der Waals surface area contributed by atoms with Crippen molar-refractivity contribution in [1.29, 1.82) is 0 Å². The molecule has 0 radical (unpaired) electrons. The Morgan fingerprint density at radius 2 is 1.69 bits per heavy atom. The Hall–Kier alpha value is -1.63. The van der Waals surface area contributed by atoms with Gasteiger partial charge in [0.2, 0.25) is 0 Å². The first-order valence-corrected chi connectivity index (χ1v) is 14.2. The quantitative estimate of drug-likeness (QED) is 0.447. The molecule has 0 bridgehead atoms. The van der Waals surface area contributed by atoms with Crippen LogP contribution < -0.4 is 0 Å². The number of hydrogen-bond acceptors (Lipinski definition) is 6. The van der Waals surface area contributed by atoms with Crippen LogP contribution in [0.1, 0.15) is 97.8 Å². The van der Waals surface area contributed by atoms with Gasteiger partial charge < -0.3 is 19.7 Å². The Balaban J connectivity index is 1.42. The van der Waals surface area contributed by atoms with Gasteiger partial charge >= 0.3 is 17.9 Å². The zero-order valence-corrected chi connectivity index (χ0v) is 22.5. The van der Waals surface area contributed by atoms with Crippen LogP contribution in [0.15, 0.2) is 0 Å². The highest BCUT2D eigenvalue weighted by atomic mass is 16.5. The SMILES string of the molecule is COC(=O)CCC(C)C1CCC2C3CCC4CC(OC(=O)CCC(=O)O)CCC4(C)C3CC(O)C12C. The molecule has 0 aromatic carbocycles. The summed E-state index contributed by atoms with van der Waals surface area (Å²) in [6.45, 7) is 6.99. The number of aliphatic hydroxyl groups excluding tert-OH is 1. The smallest absolute Gasteiger partial charge is 0.306 e. The molecule has 10 unspecified atom stereocenters. The van der Waals surface area contributed by atoms with Crippen molar-refractivity contribution in [3.63, 3.8) is 0 Å². The van der Waals surface area contributed by atoms with E-state index in [9.17, 15) is 19.5 Å². The van der Waals surface area contributed by atoms with Crippen molar-refractivity contribution in [1.82, 2.24) is 0 Å². The van der Waals surface area contributed by atoms with Crippen molar-refractivity contribution in [2.45, 2.75) is 110 Å². The molecule has 0 heterocycles. The highest BCUT2D eigenvalue weighted by Crippen LogP contribution is 2.68. The summed E-state index contributed by atoms with van der Waals surface area (Å²) < 4.78 is 10.5. The summed E-state index contributed by atoms with van der Waals surface area (Å²) in [5.41, 5.74) is 0.0422. The third-order valence-electron chi connectivity index (χ3n) is 11.4. The van der Waals surface area contributed by atoms with E-state index in [2.05, 4.69) is 20.8 Å². The van der Waals surface area contributed by atoms with Gasteiger partial charge in [-0.15, -0.1) is 0 Å². The van der Waals surface area contributed by atoms with E-state index < -0.39 is 11.9 Å². The minimum Gasteiger partial charge on any atom is -0.481 e. The van der Waals surface area contributed by atoms with E-state index in [1.54, 1.807) is 0 Å². The van der Waals surface area contributed by atoms with Crippen molar-refractivity contribution >= 4 is 17.9 Å². The lowest BCUT2D eigenvalue weighted by molar-refractivity contribution is -0.182. The van der Waals surface area contributed by atoms with Crippen LogP contribution in [-0.2, 0) is 23.9 Å². The van der Waals surface area contributed by atoms with Crippen LogP contribution in [0.2, 0.25) is 0 Å². The number of hydrogen-bond donors (Lipinski definition) is 2. The maximum Gasteiger partial charge on any atom is 0.306 e. The highest BCUT2D eigenvalue weighted by molar-refractivity contribution is 5.76. The van der Waals surface area contributed by atoms with E-state index in [1.807, 2.05) is 0 Å². The number of aliphatic carboxylic acids is 1. The standard InChI is InChI=1S/C29H46O7/c1-17(5-11-26(33)35-4)21-8-9-22-20-7-6-18-15-19(36-27(34)12-10-25(31)32)13-14-28(18,2)23(20)16-24(30)29(21,22)3/h17-24,30H,5-16H2,1-4H3,(H,31,32). The van der Waals surface area contributed by atoms with Crippen LogP contribution >= 0.6 is 0 Å². The lowest BCUT2D eigenvalue weighted by Crippen LogP contribution is -2.59. The highest BCUT2D eigenvalue weighted by Gasteiger charge is 2.63. The summed E-state index contributed by atoms with van der Waals surface area (Å²) in [5, 5.41) is 20.5. The Morgan fingerprint density at radius 1 is 0.944 bits per heavy atom. The van der Waals surface area contributed by atoms with Gasteiger partial charge in [0, 0.05) is 6.42 Å². The maximum atomic E-state index is 12.1. The first-order valence-electron chi connectivity index (χ1n) is 14.2. The molecule has 0 aliphatic heterocycles. The normalized spacial score (nSPS) is 42.4. The second kappa shape index (κ2) is 10.6. The molecule has 2 N–H and O–H groups in total. The molecule has 0 spiro atoms. The van der Waals surface area contributed by atoms with E-state index in [4.69, 9.17) is 14.6 Å². The van der Waals surface area contributed by atoms with Gasteiger partial charge in [0.25, 0.3) is 0 Å². The number of fused-ring (bicyclic) bond motifs is 5. The number of rotatable bonds is 8. The number of esters is 2. The second-order valence-corrected chi connectivity index (χ2v) is 12.8. The summed E-state index contributed by atoms with van der Waals surface area (Å²) in [4.78, 5) is 34.6. The molecule has 7 heteroatoms. The Labute approximate surface area is 215 Å². The van der Waals surface area contributed by atoms with Gasteiger partial charge in [-0.25, -0.2) is 0 Å². The Bertz CT molecular complexity index is 841. The predicted octanol–water partition coefficient (Wildman–Crippen LogP) is 4.98. The number of carboxylic acid groups (broad SMARTS) is 1. The summed E-state index contributed by atoms with van der Waals surface area (Å²) in [7, 11) is 1.44. The van der Waals surface area contributed by atoms with Crippen LogP contribution in [0.5, 0.6) is 0 Å². The van der Waals surface area contributed by atoms with E-state index in [-0.39, 0.29) is 41.8 Å².